The van der Waals surface area contributed by atoms with Crippen LogP contribution < -0.4 is 0 Å². The Morgan fingerprint density at radius 3 is 2.17 bits per heavy atom. The van der Waals surface area contributed by atoms with Crippen molar-refractivity contribution in [3.8, 4) is 0 Å². The Morgan fingerprint density at radius 2 is 1.65 bits per heavy atom. The molecule has 0 bridgehead atoms. The summed E-state index contributed by atoms with van der Waals surface area (Å²) in [4.78, 5) is 42.4. The minimum Gasteiger partial charge on any atom is -0.381 e. The second-order valence-corrected chi connectivity index (χ2v) is 6.37. The number of hydroxylamine groups is 2. The van der Waals surface area contributed by atoms with Crippen LogP contribution in [0.2, 0.25) is 0 Å². The summed E-state index contributed by atoms with van der Waals surface area (Å²) in [6, 6.07) is 6.49. The number of hydrogen-bond donors (Lipinski definition) is 0. The predicted octanol–water partition coefficient (Wildman–Crippen LogP) is 1.95. The molecule has 0 radical (unpaired) electrons. The topological polar surface area (TPSA) is 72.9 Å². The molecule has 1 aromatic carbocycles. The van der Waals surface area contributed by atoms with Gasteiger partial charge in [-0.05, 0) is 43.7 Å². The van der Waals surface area contributed by atoms with E-state index in [4.69, 9.17) is 9.57 Å². The third-order valence-corrected chi connectivity index (χ3v) is 5.13. The summed E-state index contributed by atoms with van der Waals surface area (Å²) in [5, 5.41) is 0.617. The summed E-state index contributed by atoms with van der Waals surface area (Å²) in [5.41, 5.74) is 0.0153. The van der Waals surface area contributed by atoms with Crippen LogP contribution in [0.25, 0.3) is 0 Å². The van der Waals surface area contributed by atoms with Gasteiger partial charge in [0.1, 0.15) is 0 Å². The molecule has 1 aliphatic carbocycles. The van der Waals surface area contributed by atoms with Crippen molar-refractivity contribution < 1.29 is 24.0 Å². The van der Waals surface area contributed by atoms with E-state index in [1.807, 2.05) is 0 Å². The zero-order valence-electron chi connectivity index (χ0n) is 12.6. The number of fused-ring (bicyclic) bond motifs is 1. The number of imide groups is 1. The number of ether oxygens (including phenoxy) is 1. The monoisotopic (exact) mass is 315 g/mol. The van der Waals surface area contributed by atoms with E-state index in [9.17, 15) is 14.4 Å². The van der Waals surface area contributed by atoms with Gasteiger partial charge in [-0.3, -0.25) is 9.59 Å². The Balaban J connectivity index is 1.52. The molecule has 120 valence electrons. The van der Waals surface area contributed by atoms with Crippen molar-refractivity contribution in [1.82, 2.24) is 5.06 Å². The highest BCUT2D eigenvalue weighted by atomic mass is 16.7. The van der Waals surface area contributed by atoms with Crippen molar-refractivity contribution in [2.75, 3.05) is 13.2 Å². The number of amides is 2. The van der Waals surface area contributed by atoms with E-state index in [0.29, 0.717) is 18.3 Å². The molecule has 1 saturated carbocycles. The van der Waals surface area contributed by atoms with Crippen LogP contribution in [0.4, 0.5) is 0 Å². The number of carbonyl (C=O) groups is 3. The molecule has 1 aromatic rings. The first-order chi connectivity index (χ1) is 11.1. The zero-order valence-corrected chi connectivity index (χ0v) is 12.6. The first kappa shape index (κ1) is 14.4. The van der Waals surface area contributed by atoms with Gasteiger partial charge >= 0.3 is 5.97 Å². The van der Waals surface area contributed by atoms with E-state index in [-0.39, 0.29) is 17.0 Å². The highest BCUT2D eigenvalue weighted by molar-refractivity contribution is 6.20. The number of hydrogen-bond acceptors (Lipinski definition) is 5. The molecule has 6 nitrogen and oxygen atoms in total. The highest BCUT2D eigenvalue weighted by Gasteiger charge is 2.58. The summed E-state index contributed by atoms with van der Waals surface area (Å²) in [7, 11) is 0. The predicted molar refractivity (Wildman–Crippen MR) is 78.2 cm³/mol. The molecule has 1 saturated heterocycles. The van der Waals surface area contributed by atoms with Gasteiger partial charge in [0.05, 0.1) is 16.5 Å². The summed E-state index contributed by atoms with van der Waals surface area (Å²) in [5.74, 6) is -1.39. The summed E-state index contributed by atoms with van der Waals surface area (Å²) in [6.45, 7) is 1.29. The van der Waals surface area contributed by atoms with Gasteiger partial charge in [-0.25, -0.2) is 4.79 Å². The molecule has 0 unspecified atom stereocenters. The molecule has 0 aromatic heterocycles. The molecule has 23 heavy (non-hydrogen) atoms. The van der Waals surface area contributed by atoms with Crippen LogP contribution >= 0.6 is 0 Å². The van der Waals surface area contributed by atoms with Crippen LogP contribution in [0.15, 0.2) is 24.3 Å². The normalized spacial score (nSPS) is 22.9. The Kier molecular flexibility index (Phi) is 3.23. The van der Waals surface area contributed by atoms with Gasteiger partial charge in [0.25, 0.3) is 11.8 Å². The van der Waals surface area contributed by atoms with E-state index in [2.05, 4.69) is 0 Å². The lowest BCUT2D eigenvalue weighted by molar-refractivity contribution is -0.179. The number of benzene rings is 1. The van der Waals surface area contributed by atoms with Crippen molar-refractivity contribution in [3.63, 3.8) is 0 Å². The lowest BCUT2D eigenvalue weighted by atomic mass is 9.83. The van der Waals surface area contributed by atoms with Crippen LogP contribution in [-0.2, 0) is 14.4 Å². The van der Waals surface area contributed by atoms with Gasteiger partial charge in [0.15, 0.2) is 0 Å². The van der Waals surface area contributed by atoms with Gasteiger partial charge in [0.2, 0.25) is 0 Å². The molecule has 2 fully saturated rings. The maximum Gasteiger partial charge on any atom is 0.339 e. The smallest absolute Gasteiger partial charge is 0.339 e. The minimum absolute atomic E-state index is 0.207. The van der Waals surface area contributed by atoms with Gasteiger partial charge in [0, 0.05) is 13.2 Å². The van der Waals surface area contributed by atoms with Crippen LogP contribution in [0, 0.1) is 11.3 Å². The Bertz CT molecular complexity index is 653. The Morgan fingerprint density at radius 1 is 1.09 bits per heavy atom. The van der Waals surface area contributed by atoms with Crippen molar-refractivity contribution in [2.45, 2.75) is 25.7 Å². The lowest BCUT2D eigenvalue weighted by Crippen LogP contribution is -2.39. The molecular weight excluding hydrogens is 298 g/mol. The fourth-order valence-corrected chi connectivity index (χ4v) is 3.59. The first-order valence-corrected chi connectivity index (χ1v) is 7.91. The second kappa shape index (κ2) is 5.16. The molecular formula is C17H17NO5. The first-order valence-electron chi connectivity index (χ1n) is 7.91. The quantitative estimate of drug-likeness (QED) is 0.797. The maximum absolute atomic E-state index is 12.6. The molecule has 6 heteroatoms. The SMILES string of the molecule is O=C1c2ccccc2C(=O)N1OC(=O)C1(C2CCOCC2)CC1. The van der Waals surface area contributed by atoms with E-state index >= 15 is 0 Å². The Labute approximate surface area is 133 Å². The number of nitrogens with zero attached hydrogens (tertiary/aromatic N) is 1. The van der Waals surface area contributed by atoms with E-state index in [0.717, 1.165) is 25.7 Å². The van der Waals surface area contributed by atoms with Crippen molar-refractivity contribution in [2.24, 2.45) is 11.3 Å². The van der Waals surface area contributed by atoms with Crippen molar-refractivity contribution >= 4 is 17.8 Å². The lowest BCUT2D eigenvalue weighted by Gasteiger charge is -2.29. The largest absolute Gasteiger partial charge is 0.381 e. The van der Waals surface area contributed by atoms with Crippen LogP contribution in [0.5, 0.6) is 0 Å². The van der Waals surface area contributed by atoms with E-state index in [1.54, 1.807) is 24.3 Å². The molecule has 0 atom stereocenters. The van der Waals surface area contributed by atoms with Crippen LogP contribution in [0.1, 0.15) is 46.4 Å². The standard InChI is InChI=1S/C17H17NO5/c19-14-12-3-1-2-4-13(12)15(20)18(14)23-16(21)17(7-8-17)11-5-9-22-10-6-11/h1-4,11H,5-10H2. The third-order valence-electron chi connectivity index (χ3n) is 5.13. The molecule has 2 heterocycles. The average molecular weight is 315 g/mol. The molecule has 0 N–H and O–H groups in total. The molecule has 0 spiro atoms. The minimum atomic E-state index is -0.568. The molecule has 2 amide bonds. The second-order valence-electron chi connectivity index (χ2n) is 6.37. The van der Waals surface area contributed by atoms with Gasteiger partial charge in [-0.1, -0.05) is 17.2 Å². The summed E-state index contributed by atoms with van der Waals surface area (Å²) < 4.78 is 5.34. The highest BCUT2D eigenvalue weighted by Crippen LogP contribution is 2.56. The van der Waals surface area contributed by atoms with Crippen molar-refractivity contribution in [3.05, 3.63) is 35.4 Å². The van der Waals surface area contributed by atoms with Crippen LogP contribution in [0.3, 0.4) is 0 Å². The Hall–Kier alpha value is -2.21. The number of rotatable bonds is 3. The van der Waals surface area contributed by atoms with E-state index in [1.165, 1.54) is 0 Å². The van der Waals surface area contributed by atoms with Gasteiger partial charge in [-0.2, -0.15) is 0 Å². The summed E-state index contributed by atoms with van der Waals surface area (Å²) >= 11 is 0. The molecule has 3 aliphatic rings. The van der Waals surface area contributed by atoms with Crippen LogP contribution in [-0.4, -0.2) is 36.1 Å². The van der Waals surface area contributed by atoms with Gasteiger partial charge in [-0.15, -0.1) is 0 Å². The van der Waals surface area contributed by atoms with Crippen molar-refractivity contribution in [1.29, 1.82) is 0 Å². The average Bonchev–Trinajstić information content (AvgIpc) is 3.37. The summed E-state index contributed by atoms with van der Waals surface area (Å²) in [6.07, 6.45) is 3.13. The number of carbonyl (C=O) groups excluding carboxylic acids is 3. The molecule has 2 aliphatic heterocycles. The fourth-order valence-electron chi connectivity index (χ4n) is 3.59. The van der Waals surface area contributed by atoms with E-state index < -0.39 is 23.2 Å². The zero-order chi connectivity index (χ0) is 16.0. The third kappa shape index (κ3) is 2.16. The maximum atomic E-state index is 12.6. The van der Waals surface area contributed by atoms with Gasteiger partial charge < -0.3 is 9.57 Å². The fraction of sp³-hybridized carbons (Fsp3) is 0.471. The molecule has 4 rings (SSSR count).